The summed E-state index contributed by atoms with van der Waals surface area (Å²) in [5, 5.41) is 4.33. The summed E-state index contributed by atoms with van der Waals surface area (Å²) in [4.78, 5) is 4.62. The quantitative estimate of drug-likeness (QED) is 0.876. The second-order valence-corrected chi connectivity index (χ2v) is 5.69. The highest BCUT2D eigenvalue weighted by atomic mass is 32.1. The molecule has 18 heavy (non-hydrogen) atoms. The maximum absolute atomic E-state index is 5.46. The van der Waals surface area contributed by atoms with Gasteiger partial charge < -0.3 is 10.1 Å². The predicted molar refractivity (Wildman–Crippen MR) is 79.0 cm³/mol. The van der Waals surface area contributed by atoms with Crippen LogP contribution in [0.15, 0.2) is 12.1 Å². The lowest BCUT2D eigenvalue weighted by atomic mass is 10.0. The fourth-order valence-electron chi connectivity index (χ4n) is 1.91. The van der Waals surface area contributed by atoms with Crippen LogP contribution in [0.2, 0.25) is 0 Å². The van der Waals surface area contributed by atoms with Crippen molar-refractivity contribution in [2.75, 3.05) is 19.0 Å². The molecule has 0 aliphatic carbocycles. The normalized spacial score (nSPS) is 11.2. The molecule has 0 saturated heterocycles. The first-order valence-corrected chi connectivity index (χ1v) is 7.19. The molecular formula is C14H20N2OS. The van der Waals surface area contributed by atoms with Crippen LogP contribution in [0, 0.1) is 0 Å². The van der Waals surface area contributed by atoms with Gasteiger partial charge in [0.15, 0.2) is 5.13 Å². The van der Waals surface area contributed by atoms with Crippen LogP contribution in [0.5, 0.6) is 5.75 Å². The zero-order chi connectivity index (χ0) is 13.1. The molecule has 1 aromatic heterocycles. The zero-order valence-electron chi connectivity index (χ0n) is 11.4. The number of thiazole rings is 1. The average Bonchev–Trinajstić information content (AvgIpc) is 2.76. The molecule has 0 atom stereocenters. The number of nitrogens with zero attached hydrogens (tertiary/aromatic N) is 1. The second kappa shape index (κ2) is 5.57. The molecule has 1 aromatic carbocycles. The minimum atomic E-state index is 0.443. The first-order valence-electron chi connectivity index (χ1n) is 6.38. The molecule has 0 amide bonds. The van der Waals surface area contributed by atoms with E-state index >= 15 is 0 Å². The number of aromatic nitrogens is 1. The van der Waals surface area contributed by atoms with Gasteiger partial charge >= 0.3 is 0 Å². The van der Waals surface area contributed by atoms with Gasteiger partial charge in [0.1, 0.15) is 5.75 Å². The Hall–Kier alpha value is -1.29. The van der Waals surface area contributed by atoms with Gasteiger partial charge in [-0.3, -0.25) is 0 Å². The Kier molecular flexibility index (Phi) is 4.07. The van der Waals surface area contributed by atoms with E-state index in [1.54, 1.807) is 18.4 Å². The number of benzene rings is 1. The molecule has 0 aliphatic heterocycles. The molecule has 0 saturated carbocycles. The van der Waals surface area contributed by atoms with Crippen molar-refractivity contribution in [1.82, 2.24) is 4.98 Å². The van der Waals surface area contributed by atoms with Crippen LogP contribution in [0.4, 0.5) is 5.13 Å². The van der Waals surface area contributed by atoms with Gasteiger partial charge in [0.05, 0.1) is 17.3 Å². The maximum atomic E-state index is 5.46. The summed E-state index contributed by atoms with van der Waals surface area (Å²) in [5.41, 5.74) is 2.28. The van der Waals surface area contributed by atoms with Crippen molar-refractivity contribution in [2.45, 2.75) is 33.1 Å². The number of rotatable bonds is 5. The molecule has 98 valence electrons. The van der Waals surface area contributed by atoms with E-state index in [1.807, 2.05) is 0 Å². The van der Waals surface area contributed by atoms with E-state index in [1.165, 1.54) is 10.3 Å². The molecule has 3 nitrogen and oxygen atoms in total. The highest BCUT2D eigenvalue weighted by Crippen LogP contribution is 2.35. The van der Waals surface area contributed by atoms with Crippen molar-refractivity contribution < 1.29 is 4.74 Å². The van der Waals surface area contributed by atoms with Crippen molar-refractivity contribution in [2.24, 2.45) is 0 Å². The molecule has 1 N–H and O–H groups in total. The first kappa shape index (κ1) is 13.1. The van der Waals surface area contributed by atoms with Crippen LogP contribution in [-0.4, -0.2) is 18.6 Å². The standard InChI is InChI=1S/C14H20N2OS/c1-5-6-15-14-16-11-7-10(9(2)3)12(17-4)8-13(11)18-14/h7-9H,5-6H2,1-4H3,(H,15,16). The summed E-state index contributed by atoms with van der Waals surface area (Å²) in [5.74, 6) is 1.40. The van der Waals surface area contributed by atoms with E-state index in [0.29, 0.717) is 5.92 Å². The SMILES string of the molecule is CCCNc1nc2cc(C(C)C)c(OC)cc2s1. The number of fused-ring (bicyclic) bond motifs is 1. The number of methoxy groups -OCH3 is 1. The Balaban J connectivity index is 2.42. The fourth-order valence-corrected chi connectivity index (χ4v) is 2.81. The summed E-state index contributed by atoms with van der Waals surface area (Å²) in [6, 6.07) is 4.24. The van der Waals surface area contributed by atoms with Crippen LogP contribution >= 0.6 is 11.3 Å². The summed E-state index contributed by atoms with van der Waals surface area (Å²) in [7, 11) is 1.73. The average molecular weight is 264 g/mol. The number of anilines is 1. The molecule has 2 rings (SSSR count). The lowest BCUT2D eigenvalue weighted by Crippen LogP contribution is -1.98. The second-order valence-electron chi connectivity index (χ2n) is 4.66. The predicted octanol–water partition coefficient (Wildman–Crippen LogP) is 4.25. The lowest BCUT2D eigenvalue weighted by Gasteiger charge is -2.11. The van der Waals surface area contributed by atoms with Crippen molar-refractivity contribution in [3.63, 3.8) is 0 Å². The molecule has 0 fully saturated rings. The maximum Gasteiger partial charge on any atom is 0.183 e. The number of hydrogen-bond donors (Lipinski definition) is 1. The van der Waals surface area contributed by atoms with Crippen LogP contribution < -0.4 is 10.1 Å². The Morgan fingerprint density at radius 2 is 2.17 bits per heavy atom. The lowest BCUT2D eigenvalue weighted by molar-refractivity contribution is 0.408. The molecule has 2 aromatic rings. The molecule has 0 spiro atoms. The van der Waals surface area contributed by atoms with Crippen LogP contribution in [0.25, 0.3) is 10.2 Å². The molecule has 0 aliphatic rings. The summed E-state index contributed by atoms with van der Waals surface area (Å²) in [6.45, 7) is 7.47. The van der Waals surface area contributed by atoms with Gasteiger partial charge in [-0.05, 0) is 30.0 Å². The van der Waals surface area contributed by atoms with E-state index in [4.69, 9.17) is 4.74 Å². The highest BCUT2D eigenvalue weighted by Gasteiger charge is 2.12. The Morgan fingerprint density at radius 3 is 2.78 bits per heavy atom. The Morgan fingerprint density at radius 1 is 1.39 bits per heavy atom. The minimum Gasteiger partial charge on any atom is -0.496 e. The molecule has 0 unspecified atom stereocenters. The van der Waals surface area contributed by atoms with E-state index in [2.05, 4.69) is 43.2 Å². The van der Waals surface area contributed by atoms with Crippen LogP contribution in [0.1, 0.15) is 38.7 Å². The van der Waals surface area contributed by atoms with E-state index < -0.39 is 0 Å². The Bertz CT molecular complexity index is 534. The van der Waals surface area contributed by atoms with Gasteiger partial charge in [0, 0.05) is 6.54 Å². The monoisotopic (exact) mass is 264 g/mol. The third-order valence-electron chi connectivity index (χ3n) is 2.89. The minimum absolute atomic E-state index is 0.443. The molecule has 0 radical (unpaired) electrons. The molecule has 1 heterocycles. The summed E-state index contributed by atoms with van der Waals surface area (Å²) in [6.07, 6.45) is 1.11. The first-order chi connectivity index (χ1) is 8.65. The van der Waals surface area contributed by atoms with Gasteiger partial charge in [-0.25, -0.2) is 4.98 Å². The van der Waals surface area contributed by atoms with Gasteiger partial charge in [0.25, 0.3) is 0 Å². The fraction of sp³-hybridized carbons (Fsp3) is 0.500. The topological polar surface area (TPSA) is 34.2 Å². The number of ether oxygens (including phenoxy) is 1. The van der Waals surface area contributed by atoms with Crippen molar-refractivity contribution in [3.8, 4) is 5.75 Å². The molecule has 4 heteroatoms. The summed E-state index contributed by atoms with van der Waals surface area (Å²) >= 11 is 1.68. The third-order valence-corrected chi connectivity index (χ3v) is 3.86. The Labute approximate surface area is 112 Å². The molecular weight excluding hydrogens is 244 g/mol. The molecule has 0 bridgehead atoms. The van der Waals surface area contributed by atoms with E-state index in [0.717, 1.165) is 29.4 Å². The van der Waals surface area contributed by atoms with E-state index in [-0.39, 0.29) is 0 Å². The highest BCUT2D eigenvalue weighted by molar-refractivity contribution is 7.22. The van der Waals surface area contributed by atoms with Crippen molar-refractivity contribution in [3.05, 3.63) is 17.7 Å². The van der Waals surface area contributed by atoms with Crippen molar-refractivity contribution in [1.29, 1.82) is 0 Å². The van der Waals surface area contributed by atoms with Crippen LogP contribution in [0.3, 0.4) is 0 Å². The van der Waals surface area contributed by atoms with Gasteiger partial charge in [-0.2, -0.15) is 0 Å². The summed E-state index contributed by atoms with van der Waals surface area (Å²) < 4.78 is 6.64. The van der Waals surface area contributed by atoms with Gasteiger partial charge in [-0.15, -0.1) is 0 Å². The van der Waals surface area contributed by atoms with Crippen molar-refractivity contribution >= 4 is 26.7 Å². The number of nitrogens with one attached hydrogen (secondary N) is 1. The zero-order valence-corrected chi connectivity index (χ0v) is 12.2. The smallest absolute Gasteiger partial charge is 0.183 e. The van der Waals surface area contributed by atoms with Crippen LogP contribution in [-0.2, 0) is 0 Å². The third kappa shape index (κ3) is 2.58. The van der Waals surface area contributed by atoms with Gasteiger partial charge in [-0.1, -0.05) is 32.1 Å². The number of hydrogen-bond acceptors (Lipinski definition) is 4. The van der Waals surface area contributed by atoms with E-state index in [9.17, 15) is 0 Å². The van der Waals surface area contributed by atoms with Gasteiger partial charge in [0.2, 0.25) is 0 Å². The largest absolute Gasteiger partial charge is 0.496 e.